The number of nitrogens with one attached hydrogen (secondary N) is 1. The molecule has 0 saturated heterocycles. The van der Waals surface area contributed by atoms with Gasteiger partial charge in [0.05, 0.1) is 18.1 Å². The van der Waals surface area contributed by atoms with E-state index in [9.17, 15) is 31.6 Å². The van der Waals surface area contributed by atoms with Gasteiger partial charge in [0.1, 0.15) is 27.2 Å². The highest BCUT2D eigenvalue weighted by Gasteiger charge is 2.30. The van der Waals surface area contributed by atoms with Crippen molar-refractivity contribution in [3.63, 3.8) is 0 Å². The molecule has 0 radical (unpaired) electrons. The SMILES string of the molecule is CCn1nc(C(=O)NCC2CCC(S(C)(=O)=O)CC2)c(C#N)c1-c1ccc(CCC(F)(F)F)cc1OC. The summed E-state index contributed by atoms with van der Waals surface area (Å²) < 4.78 is 68.4. The smallest absolute Gasteiger partial charge is 0.389 e. The first kappa shape index (κ1) is 28.5. The Hall–Kier alpha value is -3.07. The Morgan fingerprint density at radius 3 is 2.49 bits per heavy atom. The molecule has 1 amide bonds. The summed E-state index contributed by atoms with van der Waals surface area (Å²) in [5.41, 5.74) is 1.22. The Morgan fingerprint density at radius 2 is 1.95 bits per heavy atom. The predicted molar refractivity (Wildman–Crippen MR) is 132 cm³/mol. The van der Waals surface area contributed by atoms with Gasteiger partial charge in [-0.15, -0.1) is 0 Å². The summed E-state index contributed by atoms with van der Waals surface area (Å²) >= 11 is 0. The number of ether oxygens (including phenoxy) is 1. The van der Waals surface area contributed by atoms with Gasteiger partial charge in [-0.05, 0) is 62.6 Å². The van der Waals surface area contributed by atoms with Gasteiger partial charge in [0.15, 0.2) is 5.69 Å². The molecule has 37 heavy (non-hydrogen) atoms. The van der Waals surface area contributed by atoms with Crippen LogP contribution in [0.1, 0.15) is 60.6 Å². The number of aromatic nitrogens is 2. The van der Waals surface area contributed by atoms with Gasteiger partial charge in [0, 0.05) is 31.3 Å². The zero-order chi connectivity index (χ0) is 27.4. The molecule has 1 heterocycles. The number of carbonyl (C=O) groups is 1. The predicted octanol–water partition coefficient (Wildman–Crippen LogP) is 4.28. The molecule has 0 unspecified atom stereocenters. The summed E-state index contributed by atoms with van der Waals surface area (Å²) in [6.07, 6.45) is -1.76. The third-order valence-electron chi connectivity index (χ3n) is 6.75. The number of benzene rings is 1. The number of amides is 1. The Labute approximate surface area is 214 Å². The molecule has 1 aliphatic rings. The van der Waals surface area contributed by atoms with Crippen LogP contribution in [0.4, 0.5) is 13.2 Å². The van der Waals surface area contributed by atoms with Gasteiger partial charge in [-0.3, -0.25) is 9.48 Å². The van der Waals surface area contributed by atoms with E-state index in [0.29, 0.717) is 55.6 Å². The van der Waals surface area contributed by atoms with Crippen molar-refractivity contribution < 1.29 is 31.1 Å². The van der Waals surface area contributed by atoms with Gasteiger partial charge in [0.25, 0.3) is 5.91 Å². The first-order valence-corrected chi connectivity index (χ1v) is 14.0. The monoisotopic (exact) mass is 540 g/mol. The van der Waals surface area contributed by atoms with Crippen molar-refractivity contribution in [2.75, 3.05) is 19.9 Å². The van der Waals surface area contributed by atoms with Crippen molar-refractivity contribution in [2.45, 2.75) is 63.4 Å². The average Bonchev–Trinajstić information content (AvgIpc) is 3.23. The molecule has 1 N–H and O–H groups in total. The van der Waals surface area contributed by atoms with Crippen LogP contribution in [0, 0.1) is 17.2 Å². The minimum Gasteiger partial charge on any atom is -0.496 e. The van der Waals surface area contributed by atoms with Gasteiger partial charge in [-0.1, -0.05) is 6.07 Å². The van der Waals surface area contributed by atoms with Crippen LogP contribution in [-0.4, -0.2) is 55.4 Å². The molecule has 12 heteroatoms. The van der Waals surface area contributed by atoms with Crippen LogP contribution in [0.15, 0.2) is 18.2 Å². The van der Waals surface area contributed by atoms with Crippen LogP contribution in [0.2, 0.25) is 0 Å². The number of nitrogens with zero attached hydrogens (tertiary/aromatic N) is 3. The molecule has 1 saturated carbocycles. The van der Waals surface area contributed by atoms with Crippen molar-refractivity contribution in [2.24, 2.45) is 5.92 Å². The molecule has 1 aliphatic carbocycles. The normalized spacial score (nSPS) is 18.3. The number of hydrogen-bond acceptors (Lipinski definition) is 6. The Balaban J connectivity index is 1.81. The Kier molecular flexibility index (Phi) is 8.89. The standard InChI is InChI=1S/C25H31F3N4O4S/c1-4-32-23(19-10-7-16(13-21(19)36-2)11-12-25(26,27)28)20(14-29)22(31-32)24(33)30-15-17-5-8-18(9-6-17)37(3,34)35/h7,10,13,17-18H,4-6,8-9,11-12,15H2,1-3H3,(H,30,33). The fourth-order valence-corrected chi connectivity index (χ4v) is 5.82. The lowest BCUT2D eigenvalue weighted by Gasteiger charge is -2.27. The lowest BCUT2D eigenvalue weighted by Crippen LogP contribution is -2.34. The second kappa shape index (κ2) is 11.5. The molecule has 8 nitrogen and oxygen atoms in total. The maximum absolute atomic E-state index is 13.0. The van der Waals surface area contributed by atoms with Crippen LogP contribution in [0.3, 0.4) is 0 Å². The lowest BCUT2D eigenvalue weighted by molar-refractivity contribution is -0.134. The highest BCUT2D eigenvalue weighted by molar-refractivity contribution is 7.91. The molecule has 0 bridgehead atoms. The number of rotatable bonds is 9. The number of alkyl halides is 3. The number of hydrogen-bond donors (Lipinski definition) is 1. The van der Waals surface area contributed by atoms with E-state index in [4.69, 9.17) is 4.74 Å². The molecule has 1 fully saturated rings. The maximum atomic E-state index is 13.0. The zero-order valence-electron chi connectivity index (χ0n) is 21.1. The number of halogens is 3. The van der Waals surface area contributed by atoms with E-state index in [1.807, 2.05) is 0 Å². The van der Waals surface area contributed by atoms with Crippen molar-refractivity contribution in [1.29, 1.82) is 5.26 Å². The van der Waals surface area contributed by atoms with Crippen molar-refractivity contribution in [3.05, 3.63) is 35.0 Å². The summed E-state index contributed by atoms with van der Waals surface area (Å²) in [5.74, 6) is -0.110. The van der Waals surface area contributed by atoms with E-state index in [1.54, 1.807) is 19.1 Å². The van der Waals surface area contributed by atoms with E-state index >= 15 is 0 Å². The van der Waals surface area contributed by atoms with Gasteiger partial charge < -0.3 is 10.1 Å². The van der Waals surface area contributed by atoms with Crippen LogP contribution < -0.4 is 10.1 Å². The first-order valence-electron chi connectivity index (χ1n) is 12.1. The summed E-state index contributed by atoms with van der Waals surface area (Å²) in [6, 6.07) is 6.68. The van der Waals surface area contributed by atoms with Crippen LogP contribution in [0.25, 0.3) is 11.3 Å². The highest BCUT2D eigenvalue weighted by atomic mass is 32.2. The topological polar surface area (TPSA) is 114 Å². The van der Waals surface area contributed by atoms with Crippen LogP contribution in [0.5, 0.6) is 5.75 Å². The zero-order valence-corrected chi connectivity index (χ0v) is 21.9. The number of aryl methyl sites for hydroxylation is 2. The molecule has 0 aliphatic heterocycles. The number of carbonyl (C=O) groups excluding carboxylic acids is 1. The third kappa shape index (κ3) is 7.03. The summed E-state index contributed by atoms with van der Waals surface area (Å²) in [6.45, 7) is 2.47. The number of nitriles is 1. The summed E-state index contributed by atoms with van der Waals surface area (Å²) in [4.78, 5) is 13.0. The van der Waals surface area contributed by atoms with E-state index in [-0.39, 0.29) is 34.6 Å². The van der Waals surface area contributed by atoms with Crippen molar-refractivity contribution >= 4 is 15.7 Å². The molecule has 1 aromatic carbocycles. The second-order valence-electron chi connectivity index (χ2n) is 9.33. The van der Waals surface area contributed by atoms with E-state index < -0.39 is 28.3 Å². The van der Waals surface area contributed by atoms with E-state index in [2.05, 4.69) is 16.5 Å². The molecular formula is C25H31F3N4O4S. The first-order chi connectivity index (χ1) is 17.4. The molecule has 0 spiro atoms. The minimum absolute atomic E-state index is 0.0430. The minimum atomic E-state index is -4.28. The molecule has 0 atom stereocenters. The largest absolute Gasteiger partial charge is 0.496 e. The number of sulfone groups is 1. The van der Waals surface area contributed by atoms with Crippen LogP contribution >= 0.6 is 0 Å². The molecular weight excluding hydrogens is 509 g/mol. The van der Waals surface area contributed by atoms with Crippen molar-refractivity contribution in [3.8, 4) is 23.1 Å². The van der Waals surface area contributed by atoms with Gasteiger partial charge in [-0.2, -0.15) is 23.5 Å². The summed E-state index contributed by atoms with van der Waals surface area (Å²) in [7, 11) is -1.69. The second-order valence-corrected chi connectivity index (χ2v) is 11.7. The fourth-order valence-electron chi connectivity index (χ4n) is 4.69. The van der Waals surface area contributed by atoms with Gasteiger partial charge >= 0.3 is 6.18 Å². The molecule has 2 aromatic rings. The number of methoxy groups -OCH3 is 1. The molecule has 1 aromatic heterocycles. The highest BCUT2D eigenvalue weighted by Crippen LogP contribution is 2.35. The van der Waals surface area contributed by atoms with Crippen molar-refractivity contribution in [1.82, 2.24) is 15.1 Å². The van der Waals surface area contributed by atoms with Gasteiger partial charge in [-0.25, -0.2) is 8.42 Å². The Morgan fingerprint density at radius 1 is 1.27 bits per heavy atom. The Bertz CT molecular complexity index is 1270. The average molecular weight is 541 g/mol. The molecule has 3 rings (SSSR count). The summed E-state index contributed by atoms with van der Waals surface area (Å²) in [5, 5.41) is 16.8. The quantitative estimate of drug-likeness (QED) is 0.508. The van der Waals surface area contributed by atoms with Crippen LogP contribution in [-0.2, 0) is 22.8 Å². The van der Waals surface area contributed by atoms with Gasteiger partial charge in [0.2, 0.25) is 0 Å². The third-order valence-corrected chi connectivity index (χ3v) is 8.43. The maximum Gasteiger partial charge on any atom is 0.389 e. The lowest BCUT2D eigenvalue weighted by atomic mass is 9.89. The fraction of sp³-hybridized carbons (Fsp3) is 0.560. The van der Waals surface area contributed by atoms with E-state index in [0.717, 1.165) is 0 Å². The van der Waals surface area contributed by atoms with E-state index in [1.165, 1.54) is 24.1 Å². The molecule has 202 valence electrons.